The molecule has 1 heterocycles. The van der Waals surface area contributed by atoms with Gasteiger partial charge in [0, 0.05) is 0 Å². The molecule has 0 bridgehead atoms. The number of hydrogen-bond donors (Lipinski definition) is 0. The fourth-order valence-electron chi connectivity index (χ4n) is 0.321. The summed E-state index contributed by atoms with van der Waals surface area (Å²) in [5.41, 5.74) is -0.292. The van der Waals surface area contributed by atoms with Gasteiger partial charge in [0.15, 0.2) is 5.56 Å². The van der Waals surface area contributed by atoms with Gasteiger partial charge in [-0.3, -0.25) is 0 Å². The average Bonchev–Trinajstić information content (AvgIpc) is 1.91. The predicted molar refractivity (Wildman–Crippen MR) is 27.6 cm³/mol. The Morgan fingerprint density at radius 3 is 2.71 bits per heavy atom. The first-order valence-electron chi connectivity index (χ1n) is 2.05. The maximum absolute atomic E-state index is 5.48. The molecule has 3 heteroatoms. The van der Waals surface area contributed by atoms with Crippen LogP contribution >= 0.6 is 11.6 Å². The van der Waals surface area contributed by atoms with Crippen LogP contribution < -0.4 is 0 Å². The average molecular weight is 119 g/mol. The van der Waals surface area contributed by atoms with E-state index in [0.717, 1.165) is 0 Å². The summed E-state index contributed by atoms with van der Waals surface area (Å²) < 4.78 is 4.61. The first kappa shape index (κ1) is 4.91. The number of ether oxygens (including phenoxy) is 1. The molecule has 0 fully saturated rings. The molecule has 0 aromatic rings. The van der Waals surface area contributed by atoms with Gasteiger partial charge in [-0.1, -0.05) is 11.6 Å². The van der Waals surface area contributed by atoms with E-state index in [1.54, 1.807) is 0 Å². The largest absolute Gasteiger partial charge is 0.452 e. The normalized spacial score (nSPS) is 38.6. The smallest absolute Gasteiger partial charge is 0.275 e. The second-order valence-corrected chi connectivity index (χ2v) is 1.86. The van der Waals surface area contributed by atoms with E-state index in [-0.39, 0.29) is 11.6 Å². The van der Waals surface area contributed by atoms with Crippen molar-refractivity contribution in [1.82, 2.24) is 0 Å². The first-order valence-corrected chi connectivity index (χ1v) is 2.49. The lowest BCUT2D eigenvalue weighted by molar-refractivity contribution is 0.291. The maximum atomic E-state index is 5.48. The predicted octanol–water partition coefficient (Wildman–Crippen LogP) is 0.875. The molecule has 0 N–H and O–H groups in total. The van der Waals surface area contributed by atoms with Crippen molar-refractivity contribution in [3.8, 4) is 0 Å². The van der Waals surface area contributed by atoms with Crippen LogP contribution in [0.5, 0.6) is 0 Å². The summed E-state index contributed by atoms with van der Waals surface area (Å²) in [5, 5.41) is 0. The van der Waals surface area contributed by atoms with Gasteiger partial charge in [0.2, 0.25) is 0 Å². The van der Waals surface area contributed by atoms with Crippen molar-refractivity contribution in [2.45, 2.75) is 18.5 Å². The number of hydrogen-bond acceptors (Lipinski definition) is 2. The van der Waals surface area contributed by atoms with Gasteiger partial charge in [-0.2, -0.15) is 0 Å². The number of rotatable bonds is 0. The van der Waals surface area contributed by atoms with Gasteiger partial charge < -0.3 is 4.74 Å². The third-order valence-corrected chi connectivity index (χ3v) is 1.25. The van der Waals surface area contributed by atoms with E-state index in [1.165, 1.54) is 0 Å². The number of alkyl halides is 1. The van der Waals surface area contributed by atoms with Crippen LogP contribution in [0.1, 0.15) is 6.92 Å². The summed E-state index contributed by atoms with van der Waals surface area (Å²) in [6.07, 6.45) is 2.31. The van der Waals surface area contributed by atoms with E-state index in [4.69, 9.17) is 11.6 Å². The fraction of sp³-hybridized carbons (Fsp3) is 0.750. The van der Waals surface area contributed by atoms with Gasteiger partial charge in [-0.15, -0.1) is 0 Å². The van der Waals surface area contributed by atoms with Gasteiger partial charge in [0.25, 0.3) is 6.40 Å². The molecule has 0 aliphatic carbocycles. The quantitative estimate of drug-likeness (QED) is 0.433. The van der Waals surface area contributed by atoms with E-state index >= 15 is 0 Å². The van der Waals surface area contributed by atoms with Crippen LogP contribution in [-0.2, 0) is 4.74 Å². The molecule has 0 saturated heterocycles. The van der Waals surface area contributed by atoms with E-state index in [0.29, 0.717) is 0 Å². The lowest BCUT2D eigenvalue weighted by atomic mass is 10.4. The maximum Gasteiger partial charge on any atom is 0.275 e. The highest BCUT2D eigenvalue weighted by atomic mass is 35.5. The van der Waals surface area contributed by atoms with E-state index in [1.807, 2.05) is 6.92 Å². The zero-order valence-corrected chi connectivity index (χ0v) is 4.64. The topological polar surface area (TPSA) is 21.6 Å². The fourth-order valence-corrected chi connectivity index (χ4v) is 0.417. The Kier molecular flexibility index (Phi) is 1.19. The molecule has 0 saturated carbocycles. The van der Waals surface area contributed by atoms with Crippen LogP contribution in [0, 0.1) is 0 Å². The molecule has 1 radical (unpaired) electrons. The first-order chi connectivity index (χ1) is 3.30. The van der Waals surface area contributed by atoms with Crippen molar-refractivity contribution in [2.24, 2.45) is 4.99 Å². The van der Waals surface area contributed by atoms with Crippen LogP contribution in [0.15, 0.2) is 4.99 Å². The molecular weight excluding hydrogens is 114 g/mol. The summed E-state index contributed by atoms with van der Waals surface area (Å²) >= 11 is 5.48. The van der Waals surface area contributed by atoms with Crippen LogP contribution in [-0.4, -0.2) is 18.0 Å². The van der Waals surface area contributed by atoms with E-state index in [2.05, 4.69) is 16.1 Å². The highest BCUT2D eigenvalue weighted by molar-refractivity contribution is 6.20. The van der Waals surface area contributed by atoms with Crippen molar-refractivity contribution in [2.75, 3.05) is 0 Å². The van der Waals surface area contributed by atoms with Crippen molar-refractivity contribution in [3.63, 3.8) is 0 Å². The summed E-state index contributed by atoms with van der Waals surface area (Å²) in [7, 11) is 0. The summed E-state index contributed by atoms with van der Waals surface area (Å²) in [4.78, 5) is 3.71. The van der Waals surface area contributed by atoms with Crippen molar-refractivity contribution >= 4 is 18.0 Å². The lowest BCUT2D eigenvalue weighted by Crippen LogP contribution is -2.09. The molecule has 1 rings (SSSR count). The Labute approximate surface area is 47.1 Å². The van der Waals surface area contributed by atoms with Crippen LogP contribution in [0.2, 0.25) is 0 Å². The molecule has 0 spiro atoms. The second kappa shape index (κ2) is 1.70. The van der Waals surface area contributed by atoms with Gasteiger partial charge in [0.1, 0.15) is 6.04 Å². The second-order valence-electron chi connectivity index (χ2n) is 1.43. The zero-order chi connectivity index (χ0) is 5.28. The van der Waals surface area contributed by atoms with E-state index in [9.17, 15) is 0 Å². The molecule has 7 heavy (non-hydrogen) atoms. The minimum atomic E-state index is -0.292. The molecule has 1 aliphatic rings. The Bertz CT molecular complexity index is 93.7. The molecule has 2 atom stereocenters. The Morgan fingerprint density at radius 1 is 1.86 bits per heavy atom. The highest BCUT2D eigenvalue weighted by Gasteiger charge is 2.17. The van der Waals surface area contributed by atoms with Crippen LogP contribution in [0.3, 0.4) is 0 Å². The highest BCUT2D eigenvalue weighted by Crippen LogP contribution is 2.11. The molecule has 0 amide bonds. The lowest BCUT2D eigenvalue weighted by Gasteiger charge is -2.00. The van der Waals surface area contributed by atoms with Crippen LogP contribution in [0.25, 0.3) is 0 Å². The van der Waals surface area contributed by atoms with Gasteiger partial charge in [-0.25, -0.2) is 4.99 Å². The Balaban J connectivity index is 2.45. The molecular formula is C4H5ClNO. The number of nitrogens with zero attached hydrogens (tertiary/aromatic N) is 1. The molecule has 0 aromatic heterocycles. The molecule has 2 unspecified atom stereocenters. The van der Waals surface area contributed by atoms with Crippen molar-refractivity contribution in [3.05, 3.63) is 0 Å². The minimum Gasteiger partial charge on any atom is -0.452 e. The standard InChI is InChI=1S/C4H5ClNO/c1-3-4(5)7-2-6-3/h3-4H,1H3. The molecule has 2 nitrogen and oxygen atoms in total. The minimum absolute atomic E-state index is 0.0710. The summed E-state index contributed by atoms with van der Waals surface area (Å²) in [5.74, 6) is 0. The van der Waals surface area contributed by atoms with Crippen LogP contribution in [0.4, 0.5) is 0 Å². The Morgan fingerprint density at radius 2 is 2.57 bits per heavy atom. The van der Waals surface area contributed by atoms with Crippen molar-refractivity contribution in [1.29, 1.82) is 0 Å². The van der Waals surface area contributed by atoms with Crippen molar-refractivity contribution < 1.29 is 4.74 Å². The van der Waals surface area contributed by atoms with Gasteiger partial charge in [0.05, 0.1) is 0 Å². The zero-order valence-electron chi connectivity index (χ0n) is 3.89. The van der Waals surface area contributed by atoms with Gasteiger partial charge in [-0.05, 0) is 6.92 Å². The number of aliphatic imine (C=N–C) groups is 1. The van der Waals surface area contributed by atoms with E-state index < -0.39 is 0 Å². The summed E-state index contributed by atoms with van der Waals surface area (Å²) in [6, 6.07) is 0.0710. The molecule has 1 aliphatic heterocycles. The molecule has 39 valence electrons. The monoisotopic (exact) mass is 118 g/mol. The Hall–Kier alpha value is -0.240. The molecule has 0 aromatic carbocycles. The number of halogens is 1. The SMILES string of the molecule is CC1N=[C]OC1Cl. The van der Waals surface area contributed by atoms with Gasteiger partial charge >= 0.3 is 0 Å². The third-order valence-electron chi connectivity index (χ3n) is 0.801. The summed E-state index contributed by atoms with van der Waals surface area (Å²) in [6.45, 7) is 1.87. The third kappa shape index (κ3) is 0.855.